The summed E-state index contributed by atoms with van der Waals surface area (Å²) in [5.41, 5.74) is 1.08. The van der Waals surface area contributed by atoms with Crippen molar-refractivity contribution < 1.29 is 0 Å². The summed E-state index contributed by atoms with van der Waals surface area (Å²) >= 11 is 0. The lowest BCUT2D eigenvalue weighted by Crippen LogP contribution is -2.12. The Morgan fingerprint density at radius 1 is 0.947 bits per heavy atom. The molecule has 2 fully saturated rings. The molecule has 0 aliphatic heterocycles. The molecule has 4 rings (SSSR count). The second-order valence-corrected chi connectivity index (χ2v) is 5.81. The first-order valence-corrected chi connectivity index (χ1v) is 7.14. The van der Waals surface area contributed by atoms with E-state index in [0.717, 1.165) is 29.0 Å². The fourth-order valence-corrected chi connectivity index (χ4v) is 3.77. The van der Waals surface area contributed by atoms with Crippen LogP contribution in [0.4, 0.5) is 0 Å². The molecule has 1 heterocycles. The van der Waals surface area contributed by atoms with E-state index in [-0.39, 0.29) is 0 Å². The zero-order chi connectivity index (χ0) is 12.7. The smallest absolute Gasteiger partial charge is 0.163 e. The molecular formula is C16H17N3. The maximum atomic E-state index is 4.72. The highest BCUT2D eigenvalue weighted by atomic mass is 15.0. The van der Waals surface area contributed by atoms with E-state index in [4.69, 9.17) is 4.98 Å². The van der Waals surface area contributed by atoms with Crippen molar-refractivity contribution in [3.63, 3.8) is 0 Å². The van der Waals surface area contributed by atoms with Gasteiger partial charge in [0.05, 0.1) is 0 Å². The van der Waals surface area contributed by atoms with Gasteiger partial charge in [-0.15, -0.1) is 0 Å². The molecule has 0 spiro atoms. The monoisotopic (exact) mass is 251 g/mol. The Labute approximate surface area is 113 Å². The van der Waals surface area contributed by atoms with E-state index in [1.807, 2.05) is 18.2 Å². The quantitative estimate of drug-likeness (QED) is 0.820. The van der Waals surface area contributed by atoms with Crippen molar-refractivity contribution in [2.45, 2.75) is 31.6 Å². The Bertz CT molecular complexity index is 582. The van der Waals surface area contributed by atoms with Crippen molar-refractivity contribution >= 4 is 0 Å². The molecule has 3 unspecified atom stereocenters. The minimum atomic E-state index is 0.573. The summed E-state index contributed by atoms with van der Waals surface area (Å²) in [6, 6.07) is 10.2. The highest BCUT2D eigenvalue weighted by Crippen LogP contribution is 2.52. The van der Waals surface area contributed by atoms with Crippen LogP contribution < -0.4 is 0 Å². The molecule has 3 nitrogen and oxygen atoms in total. The normalized spacial score (nSPS) is 28.7. The number of hydrogen-bond donors (Lipinski definition) is 0. The topological polar surface area (TPSA) is 38.7 Å². The van der Waals surface area contributed by atoms with E-state index in [2.05, 4.69) is 22.1 Å². The zero-order valence-electron chi connectivity index (χ0n) is 10.9. The summed E-state index contributed by atoms with van der Waals surface area (Å²) in [6.45, 7) is 0. The van der Waals surface area contributed by atoms with Crippen LogP contribution in [0.3, 0.4) is 0 Å². The summed E-state index contributed by atoms with van der Waals surface area (Å²) < 4.78 is 0. The SMILES string of the molecule is c1ccc(-c2ncnc(C3CC4CCC3C4)n2)cc1. The van der Waals surface area contributed by atoms with E-state index < -0.39 is 0 Å². The van der Waals surface area contributed by atoms with E-state index in [0.29, 0.717) is 5.92 Å². The van der Waals surface area contributed by atoms with Crippen LogP contribution >= 0.6 is 0 Å². The van der Waals surface area contributed by atoms with Gasteiger partial charge in [0, 0.05) is 11.5 Å². The molecule has 0 N–H and O–H groups in total. The Balaban J connectivity index is 1.68. The second-order valence-electron chi connectivity index (χ2n) is 5.81. The molecule has 0 saturated heterocycles. The van der Waals surface area contributed by atoms with Crippen LogP contribution in [0.5, 0.6) is 0 Å². The molecule has 19 heavy (non-hydrogen) atoms. The fourth-order valence-electron chi connectivity index (χ4n) is 3.77. The Kier molecular flexibility index (Phi) is 2.57. The molecule has 0 radical (unpaired) electrons. The number of hydrogen-bond acceptors (Lipinski definition) is 3. The molecule has 2 saturated carbocycles. The minimum Gasteiger partial charge on any atom is -0.221 e. The average molecular weight is 251 g/mol. The Morgan fingerprint density at radius 3 is 2.58 bits per heavy atom. The summed E-state index contributed by atoms with van der Waals surface area (Å²) in [5, 5.41) is 0. The summed E-state index contributed by atoms with van der Waals surface area (Å²) in [7, 11) is 0. The standard InChI is InChI=1S/C16H17N3/c1-2-4-12(5-3-1)15-17-10-18-16(19-15)14-9-11-6-7-13(14)8-11/h1-5,10-11,13-14H,6-9H2. The molecule has 96 valence electrons. The molecule has 1 aromatic heterocycles. The van der Waals surface area contributed by atoms with Crippen molar-refractivity contribution in [1.82, 2.24) is 15.0 Å². The highest BCUT2D eigenvalue weighted by molar-refractivity contribution is 5.53. The average Bonchev–Trinajstić information content (AvgIpc) is 3.11. The lowest BCUT2D eigenvalue weighted by Gasteiger charge is -2.20. The van der Waals surface area contributed by atoms with Crippen LogP contribution in [-0.2, 0) is 0 Å². The van der Waals surface area contributed by atoms with Crippen LogP contribution in [0.1, 0.15) is 37.4 Å². The van der Waals surface area contributed by atoms with Gasteiger partial charge in [-0.05, 0) is 31.1 Å². The molecule has 2 aliphatic carbocycles. The summed E-state index contributed by atoms with van der Waals surface area (Å²) in [6.07, 6.45) is 7.12. The number of nitrogens with zero attached hydrogens (tertiary/aromatic N) is 3. The van der Waals surface area contributed by atoms with E-state index >= 15 is 0 Å². The fraction of sp³-hybridized carbons (Fsp3) is 0.438. The molecule has 2 aromatic rings. The first-order chi connectivity index (χ1) is 9.40. The first-order valence-electron chi connectivity index (χ1n) is 7.14. The minimum absolute atomic E-state index is 0.573. The van der Waals surface area contributed by atoms with Crippen LogP contribution in [0.25, 0.3) is 11.4 Å². The third kappa shape index (κ3) is 1.93. The number of rotatable bonds is 2. The lowest BCUT2D eigenvalue weighted by atomic mass is 9.88. The van der Waals surface area contributed by atoms with Gasteiger partial charge in [-0.1, -0.05) is 36.8 Å². The van der Waals surface area contributed by atoms with Crippen molar-refractivity contribution in [1.29, 1.82) is 0 Å². The Hall–Kier alpha value is -1.77. The molecule has 3 heteroatoms. The van der Waals surface area contributed by atoms with Crippen molar-refractivity contribution in [3.8, 4) is 11.4 Å². The maximum absolute atomic E-state index is 4.72. The van der Waals surface area contributed by atoms with Gasteiger partial charge in [0.25, 0.3) is 0 Å². The van der Waals surface area contributed by atoms with Gasteiger partial charge < -0.3 is 0 Å². The molecule has 0 amide bonds. The van der Waals surface area contributed by atoms with Gasteiger partial charge in [0.15, 0.2) is 5.82 Å². The third-order valence-corrected chi connectivity index (χ3v) is 4.69. The van der Waals surface area contributed by atoms with Gasteiger partial charge in [-0.25, -0.2) is 15.0 Å². The van der Waals surface area contributed by atoms with Crippen LogP contribution in [0.2, 0.25) is 0 Å². The number of fused-ring (bicyclic) bond motifs is 2. The van der Waals surface area contributed by atoms with Crippen molar-refractivity contribution in [2.75, 3.05) is 0 Å². The Morgan fingerprint density at radius 2 is 1.84 bits per heavy atom. The second kappa shape index (κ2) is 4.41. The third-order valence-electron chi connectivity index (χ3n) is 4.69. The van der Waals surface area contributed by atoms with Crippen molar-refractivity contribution in [3.05, 3.63) is 42.5 Å². The number of benzene rings is 1. The van der Waals surface area contributed by atoms with E-state index in [9.17, 15) is 0 Å². The predicted molar refractivity (Wildman–Crippen MR) is 73.5 cm³/mol. The van der Waals surface area contributed by atoms with Crippen LogP contribution in [0, 0.1) is 11.8 Å². The zero-order valence-corrected chi connectivity index (χ0v) is 10.9. The van der Waals surface area contributed by atoms with Gasteiger partial charge in [0.1, 0.15) is 12.2 Å². The number of aromatic nitrogens is 3. The van der Waals surface area contributed by atoms with Crippen molar-refractivity contribution in [2.24, 2.45) is 11.8 Å². The van der Waals surface area contributed by atoms with Gasteiger partial charge in [0.2, 0.25) is 0 Å². The molecule has 3 atom stereocenters. The molecular weight excluding hydrogens is 234 g/mol. The van der Waals surface area contributed by atoms with Crippen LogP contribution in [-0.4, -0.2) is 15.0 Å². The molecule has 1 aromatic carbocycles. The maximum Gasteiger partial charge on any atom is 0.163 e. The summed E-state index contributed by atoms with van der Waals surface area (Å²) in [4.78, 5) is 13.5. The van der Waals surface area contributed by atoms with Gasteiger partial charge in [-0.2, -0.15) is 0 Å². The van der Waals surface area contributed by atoms with E-state index in [1.165, 1.54) is 25.7 Å². The first kappa shape index (κ1) is 11.1. The molecule has 2 bridgehead atoms. The largest absolute Gasteiger partial charge is 0.221 e. The van der Waals surface area contributed by atoms with Crippen LogP contribution in [0.15, 0.2) is 36.7 Å². The highest BCUT2D eigenvalue weighted by Gasteiger charge is 2.41. The molecule has 2 aliphatic rings. The summed E-state index contributed by atoms with van der Waals surface area (Å²) in [5.74, 6) is 4.14. The van der Waals surface area contributed by atoms with Gasteiger partial charge in [-0.3, -0.25) is 0 Å². The predicted octanol–water partition coefficient (Wildman–Crippen LogP) is 3.44. The lowest BCUT2D eigenvalue weighted by molar-refractivity contribution is 0.404. The van der Waals surface area contributed by atoms with E-state index in [1.54, 1.807) is 6.33 Å². The van der Waals surface area contributed by atoms with Gasteiger partial charge >= 0.3 is 0 Å².